The van der Waals surface area contributed by atoms with Crippen molar-refractivity contribution in [2.45, 2.75) is 291 Å². The van der Waals surface area contributed by atoms with Crippen molar-refractivity contribution in [3.05, 3.63) is 122 Å². The molecule has 17 unspecified atom stereocenters. The van der Waals surface area contributed by atoms with Gasteiger partial charge in [-0.15, -0.1) is 0 Å². The molecule has 0 bridgehead atoms. The van der Waals surface area contributed by atoms with E-state index in [1.54, 1.807) is 6.08 Å². The van der Waals surface area contributed by atoms with E-state index in [-0.39, 0.29) is 18.9 Å². The molecule has 12 N–H and O–H groups in total. The molecular weight excluding hydrogens is 1150 g/mol. The highest BCUT2D eigenvalue weighted by molar-refractivity contribution is 5.76. The van der Waals surface area contributed by atoms with Crippen molar-refractivity contribution in [2.75, 3.05) is 26.4 Å². The monoisotopic (exact) mass is 1270 g/mol. The van der Waals surface area contributed by atoms with Crippen LogP contribution in [0.2, 0.25) is 0 Å². The Hall–Kier alpha value is -3.81. The molecule has 3 saturated heterocycles. The van der Waals surface area contributed by atoms with Gasteiger partial charge in [0.1, 0.15) is 73.2 Å². The molecule has 3 aliphatic rings. The fourth-order valence-electron chi connectivity index (χ4n) is 10.5. The van der Waals surface area contributed by atoms with E-state index >= 15 is 0 Å². The maximum atomic E-state index is 13.4. The van der Waals surface area contributed by atoms with Crippen LogP contribution in [0.5, 0.6) is 0 Å². The van der Waals surface area contributed by atoms with Crippen LogP contribution in [0.25, 0.3) is 0 Å². The van der Waals surface area contributed by atoms with Gasteiger partial charge in [-0.1, -0.05) is 219 Å². The molecule has 0 aromatic heterocycles. The molecule has 3 rings (SSSR count). The van der Waals surface area contributed by atoms with Crippen molar-refractivity contribution in [3.63, 3.8) is 0 Å². The minimum absolute atomic E-state index is 0.155. The Morgan fingerprint density at radius 1 is 0.411 bits per heavy atom. The molecule has 514 valence electrons. The van der Waals surface area contributed by atoms with Gasteiger partial charge in [0.25, 0.3) is 0 Å². The quantitative estimate of drug-likeness (QED) is 0.0201. The van der Waals surface area contributed by atoms with Gasteiger partial charge in [-0.25, -0.2) is 0 Å². The number of aliphatic hydroxyl groups excluding tert-OH is 11. The Balaban J connectivity index is 1.47. The van der Waals surface area contributed by atoms with Crippen LogP contribution in [0, 0.1) is 0 Å². The number of ether oxygens (including phenoxy) is 6. The first-order chi connectivity index (χ1) is 43.8. The summed E-state index contributed by atoms with van der Waals surface area (Å²) in [6, 6.07) is -1.01. The summed E-state index contributed by atoms with van der Waals surface area (Å²) in [5, 5.41) is 120. The Morgan fingerprint density at radius 3 is 1.19 bits per heavy atom. The fourth-order valence-corrected chi connectivity index (χ4v) is 10.5. The van der Waals surface area contributed by atoms with Gasteiger partial charge in [-0.05, 0) is 83.5 Å². The first-order valence-corrected chi connectivity index (χ1v) is 33.8. The second kappa shape index (κ2) is 51.6. The fraction of sp³-hybridized carbons (Fsp3) is 0.704. The summed E-state index contributed by atoms with van der Waals surface area (Å²) < 4.78 is 34.3. The first kappa shape index (κ1) is 80.4. The molecule has 0 saturated carbocycles. The van der Waals surface area contributed by atoms with Crippen LogP contribution < -0.4 is 5.32 Å². The number of carbonyl (C=O) groups is 1. The summed E-state index contributed by atoms with van der Waals surface area (Å²) >= 11 is 0. The Bertz CT molecular complexity index is 2100. The maximum absolute atomic E-state index is 13.4. The van der Waals surface area contributed by atoms with Gasteiger partial charge < -0.3 is 89.9 Å². The van der Waals surface area contributed by atoms with Crippen LogP contribution in [0.3, 0.4) is 0 Å². The molecule has 3 aliphatic heterocycles. The molecular formula is C71H117NO18. The van der Waals surface area contributed by atoms with E-state index in [2.05, 4.69) is 122 Å². The number of unbranched alkanes of at least 4 members (excludes halogenated alkanes) is 15. The molecule has 19 nitrogen and oxygen atoms in total. The highest BCUT2D eigenvalue weighted by Crippen LogP contribution is 2.33. The normalized spacial score (nSPS) is 28.8. The van der Waals surface area contributed by atoms with Crippen LogP contribution in [-0.4, -0.2) is 193 Å². The van der Waals surface area contributed by atoms with Gasteiger partial charge >= 0.3 is 0 Å². The molecule has 0 aromatic rings. The van der Waals surface area contributed by atoms with Crippen molar-refractivity contribution < 1.29 is 89.4 Å². The van der Waals surface area contributed by atoms with Crippen LogP contribution in [0.1, 0.15) is 187 Å². The second-order valence-electron chi connectivity index (χ2n) is 23.6. The molecule has 90 heavy (non-hydrogen) atoms. The Labute approximate surface area is 538 Å². The minimum Gasteiger partial charge on any atom is -0.394 e. The average molecular weight is 1270 g/mol. The lowest BCUT2D eigenvalue weighted by atomic mass is 9.96. The highest BCUT2D eigenvalue weighted by atomic mass is 16.8. The average Bonchev–Trinajstić information content (AvgIpc) is 1.05. The summed E-state index contributed by atoms with van der Waals surface area (Å²) in [6.45, 7) is 1.55. The van der Waals surface area contributed by atoms with Gasteiger partial charge in [0.05, 0.1) is 38.6 Å². The van der Waals surface area contributed by atoms with Gasteiger partial charge in [0.2, 0.25) is 5.91 Å². The van der Waals surface area contributed by atoms with Gasteiger partial charge in [0.15, 0.2) is 18.9 Å². The van der Waals surface area contributed by atoms with Gasteiger partial charge in [0, 0.05) is 6.42 Å². The standard InChI is InChI=1S/C71H117NO18/c1-3-5-7-9-11-13-15-17-19-21-22-23-24-25-26-27-28-29-30-31-32-33-35-37-39-41-43-45-47-49-59(77)72-54(55(76)48-46-44-42-40-38-36-34-20-18-16-14-12-10-8-6-4-2)53-85-69-65(83)62(80)67(57(51-74)87-69)90-71-66(84)63(81)68(58(52-75)88-71)89-70-64(82)61(79)60(78)56(50-73)86-70/h5,7,11,13,17,19,22-23,25-26,28-29,31-32,35,37,41,43,46,48,54-58,60-71,73-76,78-84H,3-4,6,8-10,12,14-16,18,20-21,24,27,30,33-34,36,38-40,42,44-45,47,49-53H2,1-2H3,(H,72,77)/b7-5-,13-11-,19-17-,23-22-,26-25-,29-28-,32-31-,37-35-,43-41-,48-46+. The number of aliphatic hydroxyl groups is 11. The minimum atomic E-state index is -1.99. The van der Waals surface area contributed by atoms with E-state index in [0.717, 1.165) is 83.5 Å². The molecule has 1 amide bonds. The third-order valence-electron chi connectivity index (χ3n) is 16.0. The second-order valence-corrected chi connectivity index (χ2v) is 23.6. The van der Waals surface area contributed by atoms with Crippen molar-refractivity contribution >= 4 is 5.91 Å². The number of amides is 1. The van der Waals surface area contributed by atoms with E-state index < -0.39 is 124 Å². The zero-order valence-electron chi connectivity index (χ0n) is 54.1. The highest BCUT2D eigenvalue weighted by Gasteiger charge is 2.53. The van der Waals surface area contributed by atoms with Crippen molar-refractivity contribution in [3.8, 4) is 0 Å². The van der Waals surface area contributed by atoms with E-state index in [1.807, 2.05) is 12.2 Å². The number of allylic oxidation sites excluding steroid dienone is 19. The summed E-state index contributed by atoms with van der Waals surface area (Å²) in [6.07, 6.45) is 43.2. The molecule has 0 radical (unpaired) electrons. The van der Waals surface area contributed by atoms with E-state index in [9.17, 15) is 61.0 Å². The topological polar surface area (TPSA) is 307 Å². The lowest BCUT2D eigenvalue weighted by molar-refractivity contribution is -0.379. The third kappa shape index (κ3) is 33.3. The van der Waals surface area contributed by atoms with Crippen molar-refractivity contribution in [1.29, 1.82) is 0 Å². The Morgan fingerprint density at radius 2 is 0.767 bits per heavy atom. The molecule has 0 spiro atoms. The number of hydrogen-bond acceptors (Lipinski definition) is 18. The lowest BCUT2D eigenvalue weighted by Crippen LogP contribution is -2.66. The van der Waals surface area contributed by atoms with Crippen LogP contribution in [0.4, 0.5) is 0 Å². The van der Waals surface area contributed by atoms with E-state index in [1.165, 1.54) is 70.6 Å². The number of nitrogens with one attached hydrogen (secondary N) is 1. The molecule has 0 aliphatic carbocycles. The van der Waals surface area contributed by atoms with Gasteiger partial charge in [-0.3, -0.25) is 4.79 Å². The molecule has 19 heteroatoms. The van der Waals surface area contributed by atoms with E-state index in [4.69, 9.17) is 28.4 Å². The van der Waals surface area contributed by atoms with Crippen LogP contribution in [0.15, 0.2) is 122 Å². The predicted molar refractivity (Wildman–Crippen MR) is 350 cm³/mol. The molecule has 17 atom stereocenters. The number of rotatable bonds is 49. The van der Waals surface area contributed by atoms with Crippen molar-refractivity contribution in [1.82, 2.24) is 5.32 Å². The summed E-state index contributed by atoms with van der Waals surface area (Å²) in [5.74, 6) is -0.339. The maximum Gasteiger partial charge on any atom is 0.220 e. The molecule has 0 aromatic carbocycles. The molecule has 3 heterocycles. The SMILES string of the molecule is CC/C=C\C/C=C\C/C=C\C/C=C\C/C=C\C/C=C\C/C=C\C/C=C\C/C=C\CCCC(=O)NC(COC1OC(CO)C(OC2OC(CO)C(OC3OC(CO)C(O)C(O)C3O)C(O)C2O)C(O)C1O)C(O)/C=C/CCCCCCCCCCCCCCCC. The van der Waals surface area contributed by atoms with E-state index in [0.29, 0.717) is 12.8 Å². The van der Waals surface area contributed by atoms with Gasteiger partial charge in [-0.2, -0.15) is 0 Å². The Kier molecular flexibility index (Phi) is 46.1. The summed E-state index contributed by atoms with van der Waals surface area (Å²) in [4.78, 5) is 13.4. The summed E-state index contributed by atoms with van der Waals surface area (Å²) in [7, 11) is 0. The third-order valence-corrected chi connectivity index (χ3v) is 16.0. The van der Waals surface area contributed by atoms with Crippen molar-refractivity contribution in [2.24, 2.45) is 0 Å². The summed E-state index contributed by atoms with van der Waals surface area (Å²) in [5.41, 5.74) is 0. The van der Waals surface area contributed by atoms with Crippen LogP contribution in [-0.2, 0) is 33.2 Å². The lowest BCUT2D eigenvalue weighted by Gasteiger charge is -2.48. The number of carbonyl (C=O) groups excluding carboxylic acids is 1. The predicted octanol–water partition coefficient (Wildman–Crippen LogP) is 8.43. The van der Waals surface area contributed by atoms with Crippen LogP contribution >= 0.6 is 0 Å². The number of hydrogen-bond donors (Lipinski definition) is 12. The zero-order valence-corrected chi connectivity index (χ0v) is 54.1. The largest absolute Gasteiger partial charge is 0.394 e. The zero-order chi connectivity index (χ0) is 65.4. The smallest absolute Gasteiger partial charge is 0.220 e. The molecule has 3 fully saturated rings. The first-order valence-electron chi connectivity index (χ1n) is 33.8.